The van der Waals surface area contributed by atoms with Crippen LogP contribution in [0.4, 0.5) is 4.39 Å². The molecule has 0 radical (unpaired) electrons. The number of rotatable bonds is 5. The van der Waals surface area contributed by atoms with Gasteiger partial charge in [0.05, 0.1) is 5.57 Å². The average molecular weight is 402 g/mol. The van der Waals surface area contributed by atoms with Gasteiger partial charge >= 0.3 is 5.97 Å². The molecule has 3 rings (SSSR count). The molecular weight excluding hydrogens is 381 g/mol. The molecule has 4 nitrogen and oxygen atoms in total. The van der Waals surface area contributed by atoms with Gasteiger partial charge in [0.25, 0.3) is 5.91 Å². The summed E-state index contributed by atoms with van der Waals surface area (Å²) in [6.45, 7) is 1.08. The first-order valence-electron chi connectivity index (χ1n) is 9.21. The van der Waals surface area contributed by atoms with Crippen LogP contribution in [0.25, 0.3) is 11.6 Å². The fraction of sp³-hybridized carbons (Fsp3) is 0.273. The van der Waals surface area contributed by atoms with Crippen LogP contribution in [0.2, 0.25) is 5.02 Å². The number of benzene rings is 2. The van der Waals surface area contributed by atoms with Gasteiger partial charge in [-0.3, -0.25) is 4.79 Å². The molecule has 0 bridgehead atoms. The van der Waals surface area contributed by atoms with Crippen LogP contribution in [0.15, 0.2) is 48.5 Å². The first-order valence-corrected chi connectivity index (χ1v) is 9.59. The van der Waals surface area contributed by atoms with E-state index in [4.69, 9.17) is 16.3 Å². The Morgan fingerprint density at radius 1 is 1.00 bits per heavy atom. The van der Waals surface area contributed by atoms with Gasteiger partial charge in [-0.1, -0.05) is 35.9 Å². The summed E-state index contributed by atoms with van der Waals surface area (Å²) in [5, 5.41) is 0.579. The van der Waals surface area contributed by atoms with Crippen molar-refractivity contribution in [3.8, 4) is 0 Å². The van der Waals surface area contributed by atoms with Gasteiger partial charge in [0, 0.05) is 18.1 Å². The summed E-state index contributed by atoms with van der Waals surface area (Å²) in [6.07, 6.45) is 4.69. The van der Waals surface area contributed by atoms with Gasteiger partial charge in [0.2, 0.25) is 0 Å². The van der Waals surface area contributed by atoms with Crippen molar-refractivity contribution in [3.05, 3.63) is 70.5 Å². The number of hydrogen-bond donors (Lipinski definition) is 0. The Hall–Kier alpha value is -2.66. The van der Waals surface area contributed by atoms with E-state index >= 15 is 0 Å². The minimum absolute atomic E-state index is 0.196. The van der Waals surface area contributed by atoms with Crippen LogP contribution >= 0.6 is 11.6 Å². The van der Waals surface area contributed by atoms with Crippen molar-refractivity contribution >= 4 is 35.1 Å². The molecule has 0 aromatic heterocycles. The van der Waals surface area contributed by atoms with Gasteiger partial charge in [0.1, 0.15) is 5.82 Å². The highest BCUT2D eigenvalue weighted by Gasteiger charge is 2.20. The van der Waals surface area contributed by atoms with E-state index in [1.54, 1.807) is 35.2 Å². The van der Waals surface area contributed by atoms with E-state index in [0.717, 1.165) is 24.8 Å². The Bertz CT molecular complexity index is 856. The maximum Gasteiger partial charge on any atom is 0.339 e. The monoisotopic (exact) mass is 401 g/mol. The van der Waals surface area contributed by atoms with Crippen LogP contribution < -0.4 is 0 Å². The van der Waals surface area contributed by atoms with Crippen molar-refractivity contribution < 1.29 is 18.7 Å². The summed E-state index contributed by atoms with van der Waals surface area (Å²) in [5.41, 5.74) is 1.49. The number of amides is 1. The van der Waals surface area contributed by atoms with E-state index in [1.165, 1.54) is 24.3 Å². The molecule has 1 heterocycles. The molecule has 0 unspecified atom stereocenters. The zero-order valence-corrected chi connectivity index (χ0v) is 16.1. The second-order valence-corrected chi connectivity index (χ2v) is 7.07. The summed E-state index contributed by atoms with van der Waals surface area (Å²) >= 11 is 5.91. The highest BCUT2D eigenvalue weighted by molar-refractivity contribution is 6.30. The van der Waals surface area contributed by atoms with Crippen molar-refractivity contribution in [1.82, 2.24) is 4.90 Å². The Labute approximate surface area is 168 Å². The van der Waals surface area contributed by atoms with Gasteiger partial charge < -0.3 is 9.64 Å². The van der Waals surface area contributed by atoms with E-state index in [-0.39, 0.29) is 18.1 Å². The van der Waals surface area contributed by atoms with Crippen molar-refractivity contribution in [2.24, 2.45) is 0 Å². The number of halogens is 2. The standard InChI is InChI=1S/C22H21ClFNO3/c23-18-8-4-16(5-9-18)14-20(17-6-10-19(24)11-7-17)22(27)28-15-21(26)25-12-2-1-3-13-25/h4-11,14H,1-3,12-13,15H2/b20-14+. The molecule has 1 aliphatic heterocycles. The normalized spacial score (nSPS) is 14.6. The van der Waals surface area contributed by atoms with Crippen molar-refractivity contribution in [2.45, 2.75) is 19.3 Å². The molecule has 0 atom stereocenters. The fourth-order valence-electron chi connectivity index (χ4n) is 3.05. The lowest BCUT2D eigenvalue weighted by Gasteiger charge is -2.26. The number of carbonyl (C=O) groups excluding carboxylic acids is 2. The number of carbonyl (C=O) groups is 2. The molecule has 2 aromatic carbocycles. The second kappa shape index (κ2) is 9.51. The molecule has 1 saturated heterocycles. The van der Waals surface area contributed by atoms with Gasteiger partial charge in [0.15, 0.2) is 6.61 Å². The van der Waals surface area contributed by atoms with Gasteiger partial charge in [-0.05, 0) is 60.7 Å². The van der Waals surface area contributed by atoms with Crippen LogP contribution in [0, 0.1) is 5.82 Å². The maximum absolute atomic E-state index is 13.3. The van der Waals surface area contributed by atoms with E-state index < -0.39 is 11.8 Å². The summed E-state index contributed by atoms with van der Waals surface area (Å²) in [6, 6.07) is 12.5. The predicted molar refractivity (Wildman–Crippen MR) is 107 cm³/mol. The number of esters is 1. The topological polar surface area (TPSA) is 46.6 Å². The number of ether oxygens (including phenoxy) is 1. The van der Waals surface area contributed by atoms with Crippen molar-refractivity contribution in [3.63, 3.8) is 0 Å². The SMILES string of the molecule is O=C(OCC(=O)N1CCCCC1)/C(=C/c1ccc(Cl)cc1)c1ccc(F)cc1. The molecule has 146 valence electrons. The Kier molecular flexibility index (Phi) is 6.82. The largest absolute Gasteiger partial charge is 0.452 e. The number of piperidine rings is 1. The molecule has 6 heteroatoms. The summed E-state index contributed by atoms with van der Waals surface area (Å²) in [5.74, 6) is -1.23. The number of nitrogens with zero attached hydrogens (tertiary/aromatic N) is 1. The first kappa shape index (κ1) is 20.1. The zero-order valence-electron chi connectivity index (χ0n) is 15.4. The van der Waals surface area contributed by atoms with Crippen molar-refractivity contribution in [2.75, 3.05) is 19.7 Å². The summed E-state index contributed by atoms with van der Waals surface area (Å²) < 4.78 is 18.6. The molecule has 0 aliphatic carbocycles. The zero-order chi connectivity index (χ0) is 19.9. The average Bonchev–Trinajstić information content (AvgIpc) is 2.73. The van der Waals surface area contributed by atoms with Crippen LogP contribution in [-0.2, 0) is 14.3 Å². The van der Waals surface area contributed by atoms with Crippen molar-refractivity contribution in [1.29, 1.82) is 0 Å². The first-order chi connectivity index (χ1) is 13.5. The maximum atomic E-state index is 13.3. The lowest BCUT2D eigenvalue weighted by molar-refractivity contribution is -0.147. The summed E-state index contributed by atoms with van der Waals surface area (Å²) in [7, 11) is 0. The van der Waals surface area contributed by atoms with E-state index in [9.17, 15) is 14.0 Å². The van der Waals surface area contributed by atoms with E-state index in [0.29, 0.717) is 23.7 Å². The molecule has 1 fully saturated rings. The Balaban J connectivity index is 1.77. The molecule has 0 N–H and O–H groups in total. The highest BCUT2D eigenvalue weighted by atomic mass is 35.5. The summed E-state index contributed by atoms with van der Waals surface area (Å²) in [4.78, 5) is 26.7. The molecule has 28 heavy (non-hydrogen) atoms. The second-order valence-electron chi connectivity index (χ2n) is 6.63. The van der Waals surface area contributed by atoms with E-state index in [2.05, 4.69) is 0 Å². The van der Waals surface area contributed by atoms with Gasteiger partial charge in [-0.25, -0.2) is 9.18 Å². The third kappa shape index (κ3) is 5.42. The van der Waals surface area contributed by atoms with Crippen LogP contribution in [-0.4, -0.2) is 36.5 Å². The minimum atomic E-state index is -0.632. The fourth-order valence-corrected chi connectivity index (χ4v) is 3.18. The third-order valence-corrected chi connectivity index (χ3v) is 4.84. The molecule has 1 amide bonds. The van der Waals surface area contributed by atoms with E-state index in [1.807, 2.05) is 0 Å². The van der Waals surface area contributed by atoms with Crippen LogP contribution in [0.1, 0.15) is 30.4 Å². The molecule has 1 aliphatic rings. The van der Waals surface area contributed by atoms with Gasteiger partial charge in [-0.2, -0.15) is 0 Å². The predicted octanol–water partition coefficient (Wildman–Crippen LogP) is 4.58. The molecule has 2 aromatic rings. The van der Waals surface area contributed by atoms with Gasteiger partial charge in [-0.15, -0.1) is 0 Å². The highest BCUT2D eigenvalue weighted by Crippen LogP contribution is 2.22. The smallest absolute Gasteiger partial charge is 0.339 e. The third-order valence-electron chi connectivity index (χ3n) is 4.59. The number of likely N-dealkylation sites (tertiary alicyclic amines) is 1. The quantitative estimate of drug-likeness (QED) is 0.418. The molecule has 0 spiro atoms. The lowest BCUT2D eigenvalue weighted by atomic mass is 10.0. The Morgan fingerprint density at radius 3 is 2.29 bits per heavy atom. The molecular formula is C22H21ClFNO3. The van der Waals surface area contributed by atoms with Crippen LogP contribution in [0.5, 0.6) is 0 Å². The number of hydrogen-bond acceptors (Lipinski definition) is 3. The lowest BCUT2D eigenvalue weighted by Crippen LogP contribution is -2.38. The Morgan fingerprint density at radius 2 is 1.64 bits per heavy atom. The minimum Gasteiger partial charge on any atom is -0.452 e. The molecule has 0 saturated carbocycles. The van der Waals surface area contributed by atoms with Crippen LogP contribution in [0.3, 0.4) is 0 Å².